The van der Waals surface area contributed by atoms with E-state index in [-0.39, 0.29) is 5.60 Å². The van der Waals surface area contributed by atoms with Crippen molar-refractivity contribution in [2.75, 3.05) is 26.4 Å². The molecule has 1 saturated heterocycles. The van der Waals surface area contributed by atoms with Crippen molar-refractivity contribution >= 4 is 0 Å². The van der Waals surface area contributed by atoms with Gasteiger partial charge in [-0.25, -0.2) is 0 Å². The van der Waals surface area contributed by atoms with Crippen molar-refractivity contribution in [1.82, 2.24) is 5.32 Å². The minimum Gasteiger partial charge on any atom is -0.381 e. The highest BCUT2D eigenvalue weighted by Gasteiger charge is 2.41. The van der Waals surface area contributed by atoms with Gasteiger partial charge in [0.2, 0.25) is 0 Å². The first-order chi connectivity index (χ1) is 9.18. The van der Waals surface area contributed by atoms with Gasteiger partial charge in [-0.05, 0) is 32.2 Å². The van der Waals surface area contributed by atoms with E-state index in [9.17, 15) is 0 Å². The monoisotopic (exact) mass is 271 g/mol. The smallest absolute Gasteiger partial charge is 0.0878 e. The number of rotatable bonds is 9. The van der Waals surface area contributed by atoms with Crippen molar-refractivity contribution in [2.24, 2.45) is 5.92 Å². The maximum absolute atomic E-state index is 6.23. The van der Waals surface area contributed by atoms with Crippen molar-refractivity contribution in [1.29, 1.82) is 0 Å². The first-order valence-corrected chi connectivity index (χ1v) is 8.13. The highest BCUT2D eigenvalue weighted by Crippen LogP contribution is 2.32. The highest BCUT2D eigenvalue weighted by molar-refractivity contribution is 4.95. The number of hydrogen-bond acceptors (Lipinski definition) is 3. The van der Waals surface area contributed by atoms with Crippen molar-refractivity contribution in [3.05, 3.63) is 0 Å². The first kappa shape index (κ1) is 16.9. The molecule has 0 amide bonds. The molecule has 114 valence electrons. The minimum absolute atomic E-state index is 0.00833. The van der Waals surface area contributed by atoms with Crippen LogP contribution < -0.4 is 5.32 Å². The molecule has 1 heterocycles. The Labute approximate surface area is 119 Å². The molecule has 1 aliphatic rings. The van der Waals surface area contributed by atoms with Gasteiger partial charge < -0.3 is 14.8 Å². The van der Waals surface area contributed by atoms with Crippen molar-refractivity contribution in [2.45, 2.75) is 71.4 Å². The molecule has 1 N–H and O–H groups in total. The second-order valence-electron chi connectivity index (χ2n) is 5.87. The molecule has 2 unspecified atom stereocenters. The molecule has 1 fully saturated rings. The van der Waals surface area contributed by atoms with Gasteiger partial charge in [0.15, 0.2) is 0 Å². The fourth-order valence-electron chi connectivity index (χ4n) is 2.97. The number of hydrogen-bond donors (Lipinski definition) is 1. The Morgan fingerprint density at radius 3 is 2.42 bits per heavy atom. The van der Waals surface area contributed by atoms with Crippen LogP contribution in [0, 0.1) is 5.92 Å². The van der Waals surface area contributed by atoms with E-state index in [4.69, 9.17) is 9.47 Å². The maximum atomic E-state index is 6.23. The molecular weight excluding hydrogens is 238 g/mol. The molecule has 0 aromatic rings. The average molecular weight is 271 g/mol. The van der Waals surface area contributed by atoms with Gasteiger partial charge in [-0.15, -0.1) is 0 Å². The molecule has 3 heteroatoms. The Balaban J connectivity index is 2.75. The second kappa shape index (κ2) is 8.93. The normalized spacial score (nSPS) is 22.1. The zero-order valence-electron chi connectivity index (χ0n) is 13.3. The molecule has 0 spiro atoms. The van der Waals surface area contributed by atoms with Crippen LogP contribution in [0.25, 0.3) is 0 Å². The lowest BCUT2D eigenvalue weighted by atomic mass is 9.80. The van der Waals surface area contributed by atoms with Gasteiger partial charge in [0.25, 0.3) is 0 Å². The molecule has 19 heavy (non-hydrogen) atoms. The van der Waals surface area contributed by atoms with E-state index in [0.717, 1.165) is 45.1 Å². The average Bonchev–Trinajstić information content (AvgIpc) is 2.44. The van der Waals surface area contributed by atoms with Gasteiger partial charge in [-0.1, -0.05) is 27.2 Å². The third-order valence-electron chi connectivity index (χ3n) is 4.38. The molecule has 1 aliphatic heterocycles. The highest BCUT2D eigenvalue weighted by atomic mass is 16.5. The molecule has 0 bridgehead atoms. The standard InChI is InChI=1S/C16H33NO2/c1-5-10-17-15(13-14(4)6-2)16(19-7-3)8-11-18-12-9-16/h14-15,17H,5-13H2,1-4H3. The van der Waals surface area contributed by atoms with E-state index >= 15 is 0 Å². The molecule has 2 atom stereocenters. The van der Waals surface area contributed by atoms with E-state index in [1.54, 1.807) is 0 Å². The summed E-state index contributed by atoms with van der Waals surface area (Å²) in [5.41, 5.74) is -0.00833. The number of nitrogens with one attached hydrogen (secondary N) is 1. The molecule has 0 aromatic heterocycles. The summed E-state index contributed by atoms with van der Waals surface area (Å²) in [5.74, 6) is 0.745. The van der Waals surface area contributed by atoms with Crippen molar-refractivity contribution in [3.8, 4) is 0 Å². The number of ether oxygens (including phenoxy) is 2. The SMILES string of the molecule is CCCNC(CC(C)CC)C1(OCC)CCOCC1. The lowest BCUT2D eigenvalue weighted by Gasteiger charge is -2.44. The zero-order chi connectivity index (χ0) is 14.1. The summed E-state index contributed by atoms with van der Waals surface area (Å²) in [6.45, 7) is 12.5. The van der Waals surface area contributed by atoms with Crippen LogP contribution in [-0.4, -0.2) is 38.0 Å². The zero-order valence-corrected chi connectivity index (χ0v) is 13.3. The molecular formula is C16H33NO2. The fourth-order valence-corrected chi connectivity index (χ4v) is 2.97. The lowest BCUT2D eigenvalue weighted by Crippen LogP contribution is -2.56. The summed E-state index contributed by atoms with van der Waals surface area (Å²) < 4.78 is 11.8. The largest absolute Gasteiger partial charge is 0.381 e. The molecule has 0 aliphatic carbocycles. The first-order valence-electron chi connectivity index (χ1n) is 8.13. The topological polar surface area (TPSA) is 30.5 Å². The van der Waals surface area contributed by atoms with E-state index < -0.39 is 0 Å². The summed E-state index contributed by atoms with van der Waals surface area (Å²) in [7, 11) is 0. The van der Waals surface area contributed by atoms with Crippen molar-refractivity contribution < 1.29 is 9.47 Å². The summed E-state index contributed by atoms with van der Waals surface area (Å²) in [4.78, 5) is 0. The van der Waals surface area contributed by atoms with Crippen LogP contribution in [0.2, 0.25) is 0 Å². The van der Waals surface area contributed by atoms with Crippen LogP contribution in [0.1, 0.15) is 59.8 Å². The van der Waals surface area contributed by atoms with Crippen LogP contribution in [0.5, 0.6) is 0 Å². The van der Waals surface area contributed by atoms with Crippen LogP contribution in [0.3, 0.4) is 0 Å². The summed E-state index contributed by atoms with van der Waals surface area (Å²) >= 11 is 0. The maximum Gasteiger partial charge on any atom is 0.0878 e. The Kier molecular flexibility index (Phi) is 7.96. The Bertz CT molecular complexity index is 221. The van der Waals surface area contributed by atoms with Crippen LogP contribution in [0.15, 0.2) is 0 Å². The van der Waals surface area contributed by atoms with Gasteiger partial charge in [0, 0.05) is 38.7 Å². The summed E-state index contributed by atoms with van der Waals surface area (Å²) in [5, 5.41) is 3.75. The van der Waals surface area contributed by atoms with Crippen molar-refractivity contribution in [3.63, 3.8) is 0 Å². The van der Waals surface area contributed by atoms with E-state index in [1.165, 1.54) is 19.3 Å². The van der Waals surface area contributed by atoms with Gasteiger partial charge in [-0.3, -0.25) is 0 Å². The molecule has 0 aromatic carbocycles. The van der Waals surface area contributed by atoms with Gasteiger partial charge in [0.1, 0.15) is 0 Å². The Morgan fingerprint density at radius 1 is 1.21 bits per heavy atom. The third kappa shape index (κ3) is 5.05. The summed E-state index contributed by atoms with van der Waals surface area (Å²) in [6.07, 6.45) is 5.67. The predicted octanol–water partition coefficient (Wildman–Crippen LogP) is 3.38. The van der Waals surface area contributed by atoms with Crippen LogP contribution in [0.4, 0.5) is 0 Å². The molecule has 0 saturated carbocycles. The van der Waals surface area contributed by atoms with E-state index in [2.05, 4.69) is 33.0 Å². The Morgan fingerprint density at radius 2 is 1.89 bits per heavy atom. The van der Waals surface area contributed by atoms with Crippen LogP contribution >= 0.6 is 0 Å². The second-order valence-corrected chi connectivity index (χ2v) is 5.87. The predicted molar refractivity (Wildman–Crippen MR) is 80.6 cm³/mol. The molecule has 1 rings (SSSR count). The summed E-state index contributed by atoms with van der Waals surface area (Å²) in [6, 6.07) is 0.464. The van der Waals surface area contributed by atoms with E-state index in [0.29, 0.717) is 6.04 Å². The fraction of sp³-hybridized carbons (Fsp3) is 1.00. The van der Waals surface area contributed by atoms with E-state index in [1.807, 2.05) is 0 Å². The van der Waals surface area contributed by atoms with Gasteiger partial charge in [0.05, 0.1) is 5.60 Å². The molecule has 0 radical (unpaired) electrons. The molecule has 3 nitrogen and oxygen atoms in total. The van der Waals surface area contributed by atoms with Gasteiger partial charge in [-0.2, -0.15) is 0 Å². The lowest BCUT2D eigenvalue weighted by molar-refractivity contribution is -0.129. The minimum atomic E-state index is -0.00833. The Hall–Kier alpha value is -0.120. The quantitative estimate of drug-likeness (QED) is 0.697. The third-order valence-corrected chi connectivity index (χ3v) is 4.38. The van der Waals surface area contributed by atoms with Crippen LogP contribution in [-0.2, 0) is 9.47 Å². The van der Waals surface area contributed by atoms with Gasteiger partial charge >= 0.3 is 0 Å².